The average molecular weight is 120 g/mol. The molecular formula is C9H12. The van der Waals surface area contributed by atoms with Crippen molar-refractivity contribution in [3.63, 3.8) is 0 Å². The highest BCUT2D eigenvalue weighted by Gasteiger charge is 1.75. The van der Waals surface area contributed by atoms with E-state index in [-0.39, 0.29) is 0 Å². The lowest BCUT2D eigenvalue weighted by Gasteiger charge is -1.85. The normalized spacial score (nSPS) is 11.9. The monoisotopic (exact) mass is 120 g/mol. The van der Waals surface area contributed by atoms with Crippen LogP contribution in [0.5, 0.6) is 0 Å². The Kier molecular flexibility index (Phi) is 4.51. The van der Waals surface area contributed by atoms with E-state index in [4.69, 9.17) is 0 Å². The van der Waals surface area contributed by atoms with Gasteiger partial charge in [-0.3, -0.25) is 0 Å². The summed E-state index contributed by atoms with van der Waals surface area (Å²) in [5, 5.41) is 0. The minimum atomic E-state index is 1.12. The Morgan fingerprint density at radius 3 is 2.33 bits per heavy atom. The third kappa shape index (κ3) is 3.53. The second kappa shape index (κ2) is 5.10. The van der Waals surface area contributed by atoms with Crippen LogP contribution in [0.3, 0.4) is 0 Å². The van der Waals surface area contributed by atoms with Crippen molar-refractivity contribution in [2.24, 2.45) is 0 Å². The fourth-order valence-corrected chi connectivity index (χ4v) is 0.461. The molecule has 9 heavy (non-hydrogen) atoms. The van der Waals surface area contributed by atoms with Gasteiger partial charge in [0.05, 0.1) is 0 Å². The molecule has 0 N–H and O–H groups in total. The molecule has 0 amide bonds. The van der Waals surface area contributed by atoms with Gasteiger partial charge in [0.1, 0.15) is 0 Å². The molecule has 0 heteroatoms. The molecule has 0 aromatic heterocycles. The molecule has 0 unspecified atom stereocenters. The van der Waals surface area contributed by atoms with Gasteiger partial charge in [0.25, 0.3) is 0 Å². The lowest BCUT2D eigenvalue weighted by molar-refractivity contribution is 1.61. The summed E-state index contributed by atoms with van der Waals surface area (Å²) in [7, 11) is 0. The highest BCUT2D eigenvalue weighted by molar-refractivity contribution is 5.29. The second-order valence-electron chi connectivity index (χ2n) is 1.59. The number of hydrogen-bond acceptors (Lipinski definition) is 0. The third-order valence-corrected chi connectivity index (χ3v) is 0.994. The van der Waals surface area contributed by atoms with Gasteiger partial charge in [0.15, 0.2) is 0 Å². The number of allylic oxidation sites excluding steroid dienone is 6. The van der Waals surface area contributed by atoms with Gasteiger partial charge in [-0.2, -0.15) is 0 Å². The van der Waals surface area contributed by atoms with Crippen LogP contribution in [-0.4, -0.2) is 0 Å². The summed E-state index contributed by atoms with van der Waals surface area (Å²) in [5.41, 5.74) is 1.12. The van der Waals surface area contributed by atoms with E-state index < -0.39 is 0 Å². The molecule has 0 atom stereocenters. The van der Waals surface area contributed by atoms with Gasteiger partial charge in [-0.1, -0.05) is 43.5 Å². The summed E-state index contributed by atoms with van der Waals surface area (Å²) in [4.78, 5) is 0. The Labute approximate surface area is 56.9 Å². The van der Waals surface area contributed by atoms with E-state index in [1.807, 2.05) is 25.2 Å². The van der Waals surface area contributed by atoms with Gasteiger partial charge in [-0.25, -0.2) is 0 Å². The Balaban J connectivity index is 3.99. The standard InChI is InChI=1S/C9H12/c1-4-7-8-9(5-2)6-3/h4-8H,1-2H2,3H3. The Hall–Kier alpha value is -1.04. The molecule has 0 saturated heterocycles. The maximum Gasteiger partial charge on any atom is -0.0305 e. The van der Waals surface area contributed by atoms with Crippen LogP contribution in [0.25, 0.3) is 0 Å². The highest BCUT2D eigenvalue weighted by atomic mass is 13.8. The molecule has 0 aromatic carbocycles. The molecule has 0 nitrogen and oxygen atoms in total. The summed E-state index contributed by atoms with van der Waals surface area (Å²) in [6, 6.07) is 0. The quantitative estimate of drug-likeness (QED) is 0.502. The van der Waals surface area contributed by atoms with E-state index in [2.05, 4.69) is 13.2 Å². The van der Waals surface area contributed by atoms with Crippen molar-refractivity contribution in [3.05, 3.63) is 49.1 Å². The molecule has 0 aliphatic carbocycles. The van der Waals surface area contributed by atoms with Gasteiger partial charge in [0.2, 0.25) is 0 Å². The first-order valence-electron chi connectivity index (χ1n) is 2.93. The fourth-order valence-electron chi connectivity index (χ4n) is 0.461. The predicted octanol–water partition coefficient (Wildman–Crippen LogP) is 2.86. The van der Waals surface area contributed by atoms with Crippen LogP contribution in [0.4, 0.5) is 0 Å². The van der Waals surface area contributed by atoms with Gasteiger partial charge in [-0.05, 0) is 12.5 Å². The maximum atomic E-state index is 3.63. The third-order valence-electron chi connectivity index (χ3n) is 0.994. The van der Waals surface area contributed by atoms with Crippen molar-refractivity contribution in [1.29, 1.82) is 0 Å². The molecule has 0 radical (unpaired) electrons. The summed E-state index contributed by atoms with van der Waals surface area (Å²) >= 11 is 0. The molecule has 48 valence electrons. The van der Waals surface area contributed by atoms with E-state index in [1.54, 1.807) is 12.2 Å². The first-order chi connectivity index (χ1) is 4.35. The van der Waals surface area contributed by atoms with Crippen molar-refractivity contribution >= 4 is 0 Å². The van der Waals surface area contributed by atoms with Crippen molar-refractivity contribution in [2.45, 2.75) is 6.92 Å². The lowest BCUT2D eigenvalue weighted by atomic mass is 10.2. The van der Waals surface area contributed by atoms with Crippen molar-refractivity contribution in [1.82, 2.24) is 0 Å². The lowest BCUT2D eigenvalue weighted by Crippen LogP contribution is -1.64. The van der Waals surface area contributed by atoms with Crippen LogP contribution in [0.2, 0.25) is 0 Å². The van der Waals surface area contributed by atoms with Crippen molar-refractivity contribution in [2.75, 3.05) is 0 Å². The average Bonchev–Trinajstić information content (AvgIpc) is 1.91. The van der Waals surface area contributed by atoms with Crippen LogP contribution < -0.4 is 0 Å². The second-order valence-corrected chi connectivity index (χ2v) is 1.59. The molecule has 0 spiro atoms. The van der Waals surface area contributed by atoms with Crippen LogP contribution in [-0.2, 0) is 0 Å². The molecule has 0 rings (SSSR count). The summed E-state index contributed by atoms with van der Waals surface area (Å²) in [6.45, 7) is 9.16. The Morgan fingerprint density at radius 2 is 2.00 bits per heavy atom. The van der Waals surface area contributed by atoms with Crippen LogP contribution in [0.15, 0.2) is 49.1 Å². The van der Waals surface area contributed by atoms with E-state index in [0.29, 0.717) is 0 Å². The minimum absolute atomic E-state index is 1.12. The Bertz CT molecular complexity index is 147. The zero-order valence-corrected chi connectivity index (χ0v) is 5.80. The molecular weight excluding hydrogens is 108 g/mol. The molecule has 0 aliphatic heterocycles. The highest BCUT2D eigenvalue weighted by Crippen LogP contribution is 1.96. The first kappa shape index (κ1) is 7.96. The molecule has 0 saturated carbocycles. The van der Waals surface area contributed by atoms with E-state index in [0.717, 1.165) is 5.57 Å². The zero-order chi connectivity index (χ0) is 7.11. The van der Waals surface area contributed by atoms with Crippen molar-refractivity contribution in [3.8, 4) is 0 Å². The fraction of sp³-hybridized carbons (Fsp3) is 0.111. The van der Waals surface area contributed by atoms with Gasteiger partial charge >= 0.3 is 0 Å². The first-order valence-corrected chi connectivity index (χ1v) is 2.93. The zero-order valence-electron chi connectivity index (χ0n) is 5.80. The molecule has 0 bridgehead atoms. The topological polar surface area (TPSA) is 0 Å². The van der Waals surface area contributed by atoms with Crippen LogP contribution >= 0.6 is 0 Å². The number of hydrogen-bond donors (Lipinski definition) is 0. The largest absolute Gasteiger partial charge is 0.0991 e. The smallest absolute Gasteiger partial charge is 0.0305 e. The summed E-state index contributed by atoms with van der Waals surface area (Å²) in [5.74, 6) is 0. The number of rotatable bonds is 3. The molecule has 0 heterocycles. The SMILES string of the molecule is C=CC=CC(C=C)=CC. The van der Waals surface area contributed by atoms with Gasteiger partial charge < -0.3 is 0 Å². The molecule has 0 aromatic rings. The molecule has 0 fully saturated rings. The maximum absolute atomic E-state index is 3.63. The van der Waals surface area contributed by atoms with Crippen molar-refractivity contribution < 1.29 is 0 Å². The predicted molar refractivity (Wildman–Crippen MR) is 43.3 cm³/mol. The van der Waals surface area contributed by atoms with Gasteiger partial charge in [-0.15, -0.1) is 0 Å². The van der Waals surface area contributed by atoms with Crippen LogP contribution in [0.1, 0.15) is 6.92 Å². The van der Waals surface area contributed by atoms with E-state index >= 15 is 0 Å². The van der Waals surface area contributed by atoms with E-state index in [9.17, 15) is 0 Å². The summed E-state index contributed by atoms with van der Waals surface area (Å²) in [6.07, 6.45) is 9.39. The summed E-state index contributed by atoms with van der Waals surface area (Å²) < 4.78 is 0. The molecule has 0 aliphatic rings. The van der Waals surface area contributed by atoms with Gasteiger partial charge in [0, 0.05) is 0 Å². The Morgan fingerprint density at radius 1 is 1.33 bits per heavy atom. The minimum Gasteiger partial charge on any atom is -0.0991 e. The van der Waals surface area contributed by atoms with E-state index in [1.165, 1.54) is 0 Å². The van der Waals surface area contributed by atoms with Crippen LogP contribution in [0, 0.1) is 0 Å².